The minimum absolute atomic E-state index is 0.149. The fourth-order valence-electron chi connectivity index (χ4n) is 1.96. The van der Waals surface area contributed by atoms with Crippen LogP contribution in [0.1, 0.15) is 108 Å². The average molecular weight is 505 g/mol. The number of allylic oxidation sites excluding steroid dienone is 9. The fraction of sp³-hybridized carbons (Fsp3) is 0.562. The van der Waals surface area contributed by atoms with Crippen molar-refractivity contribution in [3.8, 4) is 0 Å². The van der Waals surface area contributed by atoms with E-state index in [1.165, 1.54) is 32.1 Å². The van der Waals surface area contributed by atoms with Crippen LogP contribution in [0.15, 0.2) is 77.5 Å². The molecule has 0 rings (SSSR count). The lowest BCUT2D eigenvalue weighted by molar-refractivity contribution is -0.114. The number of carbonyl (C=O) groups is 1. The molecule has 0 aliphatic rings. The molecule has 0 radical (unpaired) electrons. The summed E-state index contributed by atoms with van der Waals surface area (Å²) >= 11 is 0. The second-order valence-corrected chi connectivity index (χ2v) is 7.82. The van der Waals surface area contributed by atoms with Crippen molar-refractivity contribution < 1.29 is 9.90 Å². The van der Waals surface area contributed by atoms with Gasteiger partial charge in [0, 0.05) is 19.4 Å². The summed E-state index contributed by atoms with van der Waals surface area (Å²) < 4.78 is 0. The number of amides is 1. The maximum absolute atomic E-state index is 11.8. The highest BCUT2D eigenvalue weighted by molar-refractivity contribution is 6.38. The van der Waals surface area contributed by atoms with Crippen LogP contribution in [-0.4, -0.2) is 30.4 Å². The molecule has 4 heteroatoms. The molecule has 0 unspecified atom stereocenters. The topological polar surface area (TPSA) is 61.7 Å². The summed E-state index contributed by atoms with van der Waals surface area (Å²) in [5.74, 6) is -0.149. The van der Waals surface area contributed by atoms with Crippen LogP contribution in [0.2, 0.25) is 0 Å². The molecule has 36 heavy (non-hydrogen) atoms. The molecule has 1 amide bonds. The van der Waals surface area contributed by atoms with Gasteiger partial charge in [0.05, 0.1) is 0 Å². The van der Waals surface area contributed by atoms with E-state index in [4.69, 9.17) is 5.11 Å². The molecule has 0 aromatic carbocycles. The number of hydrogen-bond acceptors (Lipinski definition) is 3. The van der Waals surface area contributed by atoms with Gasteiger partial charge in [0.1, 0.15) is 5.71 Å². The van der Waals surface area contributed by atoms with Crippen molar-refractivity contribution in [2.24, 2.45) is 4.99 Å². The summed E-state index contributed by atoms with van der Waals surface area (Å²) in [6.45, 7) is 28.1. The van der Waals surface area contributed by atoms with Crippen LogP contribution >= 0.6 is 0 Å². The minimum atomic E-state index is -0.149. The van der Waals surface area contributed by atoms with Gasteiger partial charge in [0.15, 0.2) is 0 Å². The van der Waals surface area contributed by atoms with Gasteiger partial charge in [-0.15, -0.1) is 0 Å². The quantitative estimate of drug-likeness (QED) is 0.167. The highest BCUT2D eigenvalue weighted by Crippen LogP contribution is 2.12. The van der Waals surface area contributed by atoms with Gasteiger partial charge in [-0.05, 0) is 46.6 Å². The Bertz CT molecular complexity index is 647. The van der Waals surface area contributed by atoms with Crippen molar-refractivity contribution in [2.45, 2.75) is 108 Å². The van der Waals surface area contributed by atoms with E-state index in [2.05, 4.69) is 51.2 Å². The molecule has 2 N–H and O–H groups in total. The van der Waals surface area contributed by atoms with Crippen LogP contribution in [0, 0.1) is 0 Å². The first-order valence-electron chi connectivity index (χ1n) is 13.3. The lowest BCUT2D eigenvalue weighted by Gasteiger charge is -2.06. The third-order valence-electron chi connectivity index (χ3n) is 4.16. The summed E-state index contributed by atoms with van der Waals surface area (Å²) in [4.78, 5) is 16.3. The maximum Gasteiger partial charge on any atom is 0.265 e. The average Bonchev–Trinajstić information content (AvgIpc) is 2.88. The molecule has 0 saturated heterocycles. The number of aliphatic hydroxyl groups is 1. The highest BCUT2D eigenvalue weighted by atomic mass is 16.2. The van der Waals surface area contributed by atoms with E-state index in [1.54, 1.807) is 13.0 Å². The van der Waals surface area contributed by atoms with E-state index in [0.29, 0.717) is 12.3 Å². The van der Waals surface area contributed by atoms with Gasteiger partial charge in [-0.25, -0.2) is 0 Å². The SMILES string of the molecule is C=C(C)CNC(=O)C(C)=N/C(CC)=C(C)/C=C\C=C/C.C=C/C=C\C.CCCC.CCCCC.CO. The number of rotatable bonds is 11. The van der Waals surface area contributed by atoms with Crippen LogP contribution in [0.5, 0.6) is 0 Å². The van der Waals surface area contributed by atoms with Crippen LogP contribution in [0.25, 0.3) is 0 Å². The summed E-state index contributed by atoms with van der Waals surface area (Å²) in [5, 5.41) is 9.78. The molecule has 0 bridgehead atoms. The first-order chi connectivity index (χ1) is 17.2. The van der Waals surface area contributed by atoms with Crippen LogP contribution in [0.3, 0.4) is 0 Å². The number of aliphatic imine (C=N–C) groups is 1. The molecule has 0 atom stereocenters. The Labute approximate surface area is 225 Å². The summed E-state index contributed by atoms with van der Waals surface area (Å²) in [5.41, 5.74) is 3.39. The molecule has 0 aromatic rings. The summed E-state index contributed by atoms with van der Waals surface area (Å²) in [6, 6.07) is 0. The first-order valence-corrected chi connectivity index (χ1v) is 13.3. The van der Waals surface area contributed by atoms with Gasteiger partial charge in [0.2, 0.25) is 0 Å². The Kier molecular flexibility index (Phi) is 48.1. The smallest absolute Gasteiger partial charge is 0.265 e. The van der Waals surface area contributed by atoms with Crippen molar-refractivity contribution >= 4 is 11.6 Å². The van der Waals surface area contributed by atoms with Gasteiger partial charge < -0.3 is 10.4 Å². The number of nitrogens with one attached hydrogen (secondary N) is 1. The van der Waals surface area contributed by atoms with Gasteiger partial charge in [-0.1, -0.05) is 128 Å². The normalized spacial score (nSPS) is 11.1. The second kappa shape index (κ2) is 39.7. The van der Waals surface area contributed by atoms with Gasteiger partial charge in [-0.2, -0.15) is 0 Å². The van der Waals surface area contributed by atoms with Crippen molar-refractivity contribution in [3.05, 3.63) is 72.5 Å². The Balaban J connectivity index is -0.000000162. The molecule has 0 saturated carbocycles. The standard InChI is InChI=1S/C17H26N2O.C5H12.C5H8.C4H10.CH4O/c1-7-9-10-11-14(5)16(8-2)19-15(6)17(20)18-12-13(3)4;2*1-3-5-4-2;1-3-4-2;1-2/h7,9-11H,3,8,12H2,1-2,4-6H3,(H,18,20);3-5H2,1-2H3;3-5H,1H2,2H3;3-4H2,1-2H3;2H,1H3/b9-7-,11-10-,16-14+,19-15?;;5-4-;;. The Hall–Kier alpha value is -2.46. The predicted octanol–water partition coefficient (Wildman–Crippen LogP) is 9.32. The Morgan fingerprint density at radius 3 is 1.64 bits per heavy atom. The van der Waals surface area contributed by atoms with E-state index in [0.717, 1.165) is 30.4 Å². The van der Waals surface area contributed by atoms with Crippen LogP contribution in [0.4, 0.5) is 0 Å². The largest absolute Gasteiger partial charge is 0.400 e. The van der Waals surface area contributed by atoms with Gasteiger partial charge >= 0.3 is 0 Å². The summed E-state index contributed by atoms with van der Waals surface area (Å²) in [6.07, 6.45) is 21.0. The monoisotopic (exact) mass is 504 g/mol. The van der Waals surface area contributed by atoms with Gasteiger partial charge in [-0.3, -0.25) is 9.79 Å². The molecule has 0 fully saturated rings. The minimum Gasteiger partial charge on any atom is -0.400 e. The van der Waals surface area contributed by atoms with Crippen molar-refractivity contribution in [1.82, 2.24) is 5.32 Å². The first kappa shape index (κ1) is 43.6. The molecule has 0 heterocycles. The molecule has 210 valence electrons. The molecule has 0 aliphatic carbocycles. The Morgan fingerprint density at radius 1 is 0.861 bits per heavy atom. The van der Waals surface area contributed by atoms with Crippen molar-refractivity contribution in [1.29, 1.82) is 0 Å². The molecule has 0 aromatic heterocycles. The number of hydrogen-bond donors (Lipinski definition) is 2. The van der Waals surface area contributed by atoms with Gasteiger partial charge in [0.25, 0.3) is 5.91 Å². The van der Waals surface area contributed by atoms with E-state index >= 15 is 0 Å². The zero-order chi connectivity index (χ0) is 29.2. The maximum atomic E-state index is 11.8. The number of unbranched alkanes of at least 4 members (excludes halogenated alkanes) is 3. The molecular formula is C32H60N2O2. The summed E-state index contributed by atoms with van der Waals surface area (Å²) in [7, 11) is 1.00. The lowest BCUT2D eigenvalue weighted by Crippen LogP contribution is -2.30. The number of carbonyl (C=O) groups excluding carboxylic acids is 1. The Morgan fingerprint density at radius 2 is 1.36 bits per heavy atom. The van der Waals surface area contributed by atoms with Crippen molar-refractivity contribution in [2.75, 3.05) is 13.7 Å². The lowest BCUT2D eigenvalue weighted by atomic mass is 10.1. The van der Waals surface area contributed by atoms with E-state index < -0.39 is 0 Å². The van der Waals surface area contributed by atoms with Crippen LogP contribution in [-0.2, 0) is 4.79 Å². The molecule has 0 aliphatic heterocycles. The highest BCUT2D eigenvalue weighted by Gasteiger charge is 2.06. The van der Waals surface area contributed by atoms with Crippen LogP contribution < -0.4 is 5.32 Å². The van der Waals surface area contributed by atoms with Crippen molar-refractivity contribution in [3.63, 3.8) is 0 Å². The molecule has 4 nitrogen and oxygen atoms in total. The third-order valence-corrected chi connectivity index (χ3v) is 4.16. The zero-order valence-corrected chi connectivity index (χ0v) is 25.7. The molecular weight excluding hydrogens is 444 g/mol. The molecule has 0 spiro atoms. The fourth-order valence-corrected chi connectivity index (χ4v) is 1.96. The zero-order valence-electron chi connectivity index (χ0n) is 25.7. The predicted molar refractivity (Wildman–Crippen MR) is 167 cm³/mol. The number of nitrogens with zero attached hydrogens (tertiary/aromatic N) is 1. The van der Waals surface area contributed by atoms with E-state index in [-0.39, 0.29) is 5.91 Å². The number of aliphatic hydroxyl groups excluding tert-OH is 1. The van der Waals surface area contributed by atoms with E-state index in [1.807, 2.05) is 71.1 Å². The third kappa shape index (κ3) is 41.8. The second-order valence-electron chi connectivity index (χ2n) is 7.82. The van der Waals surface area contributed by atoms with E-state index in [9.17, 15) is 4.79 Å².